The largest absolute Gasteiger partial charge is 0.464 e. The number of esters is 1. The van der Waals surface area contributed by atoms with Gasteiger partial charge in [0.05, 0.1) is 12.8 Å². The maximum atomic E-state index is 11.2. The lowest BCUT2D eigenvalue weighted by Gasteiger charge is -2.03. The third-order valence-electron chi connectivity index (χ3n) is 1.55. The fraction of sp³-hybridized carbons (Fsp3) is 0.500. The molecule has 0 saturated heterocycles. The molecule has 5 heteroatoms. The topological polar surface area (TPSA) is 53.4 Å². The first-order valence-corrected chi connectivity index (χ1v) is 3.80. The second-order valence-corrected chi connectivity index (χ2v) is 2.58. The van der Waals surface area contributed by atoms with Crippen LogP contribution in [-0.2, 0) is 16.2 Å². The Morgan fingerprint density at radius 1 is 1.62 bits per heavy atom. The summed E-state index contributed by atoms with van der Waals surface area (Å²) in [4.78, 5) is 11.2. The van der Waals surface area contributed by atoms with E-state index in [4.69, 9.17) is 4.74 Å². The predicted octanol–water partition coefficient (Wildman–Crippen LogP) is 0.582. The quantitative estimate of drug-likeness (QED) is 0.645. The van der Waals surface area contributed by atoms with Crippen molar-refractivity contribution in [2.45, 2.75) is 13.7 Å². The Hall–Kier alpha value is -1.36. The molecule has 0 fully saturated rings. The molecule has 0 atom stereocenters. The lowest BCUT2D eigenvalue weighted by Crippen LogP contribution is -2.12. The van der Waals surface area contributed by atoms with Crippen LogP contribution < -0.4 is 0 Å². The van der Waals surface area contributed by atoms with Crippen LogP contribution in [-0.4, -0.2) is 30.0 Å². The van der Waals surface area contributed by atoms with E-state index in [-0.39, 0.29) is 6.73 Å². The zero-order valence-electron chi connectivity index (χ0n) is 7.90. The molecular weight excluding hydrogens is 172 g/mol. The van der Waals surface area contributed by atoms with Crippen molar-refractivity contribution in [1.82, 2.24) is 9.78 Å². The van der Waals surface area contributed by atoms with Gasteiger partial charge in [0.15, 0.2) is 0 Å². The summed E-state index contributed by atoms with van der Waals surface area (Å²) in [5.74, 6) is -0.405. The number of hydrogen-bond donors (Lipinski definition) is 0. The molecule has 0 aliphatic rings. The molecule has 1 aromatic rings. The molecule has 0 aromatic carbocycles. The minimum atomic E-state index is -0.405. The highest BCUT2D eigenvalue weighted by Crippen LogP contribution is 2.05. The molecule has 72 valence electrons. The highest BCUT2D eigenvalue weighted by atomic mass is 16.5. The van der Waals surface area contributed by atoms with Gasteiger partial charge in [0.2, 0.25) is 0 Å². The molecule has 0 aliphatic heterocycles. The molecule has 0 spiro atoms. The molecule has 0 N–H and O–H groups in total. The third-order valence-corrected chi connectivity index (χ3v) is 1.55. The van der Waals surface area contributed by atoms with Crippen molar-refractivity contribution in [1.29, 1.82) is 0 Å². The van der Waals surface area contributed by atoms with E-state index in [1.165, 1.54) is 18.9 Å². The van der Waals surface area contributed by atoms with Crippen LogP contribution in [0.15, 0.2) is 6.07 Å². The Kier molecular flexibility index (Phi) is 3.02. The van der Waals surface area contributed by atoms with Gasteiger partial charge in [0.25, 0.3) is 0 Å². The maximum Gasteiger partial charge on any atom is 0.356 e. The van der Waals surface area contributed by atoms with E-state index >= 15 is 0 Å². The van der Waals surface area contributed by atoms with E-state index in [9.17, 15) is 4.79 Å². The van der Waals surface area contributed by atoms with Crippen LogP contribution in [0.1, 0.15) is 16.2 Å². The normalized spacial score (nSPS) is 10.1. The first-order valence-electron chi connectivity index (χ1n) is 3.80. The van der Waals surface area contributed by atoms with E-state index in [1.807, 2.05) is 0 Å². The molecule has 0 saturated carbocycles. The Morgan fingerprint density at radius 2 is 2.31 bits per heavy atom. The number of carbonyl (C=O) groups excluding carboxylic acids is 1. The second kappa shape index (κ2) is 4.04. The summed E-state index contributed by atoms with van der Waals surface area (Å²) in [7, 11) is 2.87. The zero-order chi connectivity index (χ0) is 9.84. The van der Waals surface area contributed by atoms with Gasteiger partial charge in [-0.05, 0) is 13.0 Å². The third kappa shape index (κ3) is 2.06. The van der Waals surface area contributed by atoms with E-state index < -0.39 is 5.97 Å². The average Bonchev–Trinajstić information content (AvgIpc) is 2.46. The number of aryl methyl sites for hydroxylation is 1. The van der Waals surface area contributed by atoms with Crippen LogP contribution in [0.5, 0.6) is 0 Å². The molecule has 1 aromatic heterocycles. The van der Waals surface area contributed by atoms with Crippen LogP contribution in [0, 0.1) is 6.92 Å². The Labute approximate surface area is 76.3 Å². The molecule has 0 amide bonds. The van der Waals surface area contributed by atoms with Crippen LogP contribution in [0.2, 0.25) is 0 Å². The number of aromatic nitrogens is 2. The SMILES string of the molecule is COCn1nc(C)cc1C(=O)OC. The minimum absolute atomic E-state index is 0.248. The van der Waals surface area contributed by atoms with Crippen LogP contribution in [0.4, 0.5) is 0 Å². The number of hydrogen-bond acceptors (Lipinski definition) is 4. The zero-order valence-corrected chi connectivity index (χ0v) is 7.90. The molecule has 0 unspecified atom stereocenters. The summed E-state index contributed by atoms with van der Waals surface area (Å²) in [5, 5.41) is 4.06. The summed E-state index contributed by atoms with van der Waals surface area (Å²) in [5.41, 5.74) is 1.17. The fourth-order valence-electron chi connectivity index (χ4n) is 1.04. The summed E-state index contributed by atoms with van der Waals surface area (Å²) in [6.07, 6.45) is 0. The first-order chi connectivity index (χ1) is 6.19. The Balaban J connectivity index is 2.96. The van der Waals surface area contributed by atoms with Crippen molar-refractivity contribution in [3.8, 4) is 0 Å². The van der Waals surface area contributed by atoms with E-state index in [1.54, 1.807) is 13.0 Å². The maximum absolute atomic E-state index is 11.2. The van der Waals surface area contributed by atoms with Crippen molar-refractivity contribution in [3.63, 3.8) is 0 Å². The van der Waals surface area contributed by atoms with Crippen molar-refractivity contribution < 1.29 is 14.3 Å². The molecule has 0 aliphatic carbocycles. The summed E-state index contributed by atoms with van der Waals surface area (Å²) < 4.78 is 10.9. The molecule has 1 heterocycles. The number of ether oxygens (including phenoxy) is 2. The Bertz CT molecular complexity index is 306. The highest BCUT2D eigenvalue weighted by molar-refractivity contribution is 5.87. The first kappa shape index (κ1) is 9.73. The van der Waals surface area contributed by atoms with Gasteiger partial charge in [0.1, 0.15) is 12.4 Å². The van der Waals surface area contributed by atoms with Crippen LogP contribution in [0.25, 0.3) is 0 Å². The standard InChI is InChI=1S/C8H12N2O3/c1-6-4-7(8(11)13-3)10(9-6)5-12-2/h4H,5H2,1-3H3. The summed E-state index contributed by atoms with van der Waals surface area (Å²) in [6, 6.07) is 1.66. The highest BCUT2D eigenvalue weighted by Gasteiger charge is 2.13. The molecule has 0 bridgehead atoms. The monoisotopic (exact) mass is 184 g/mol. The van der Waals surface area contributed by atoms with Crippen molar-refractivity contribution >= 4 is 5.97 Å². The smallest absolute Gasteiger partial charge is 0.356 e. The summed E-state index contributed by atoms with van der Waals surface area (Å²) in [6.45, 7) is 2.05. The number of rotatable bonds is 3. The molecule has 1 rings (SSSR count). The summed E-state index contributed by atoms with van der Waals surface area (Å²) >= 11 is 0. The van der Waals surface area contributed by atoms with Gasteiger partial charge < -0.3 is 9.47 Å². The predicted molar refractivity (Wildman–Crippen MR) is 45.3 cm³/mol. The molecule has 5 nitrogen and oxygen atoms in total. The number of carbonyl (C=O) groups is 1. The molecule has 13 heavy (non-hydrogen) atoms. The second-order valence-electron chi connectivity index (χ2n) is 2.58. The number of methoxy groups -OCH3 is 2. The van der Waals surface area contributed by atoms with Gasteiger partial charge in [-0.25, -0.2) is 9.48 Å². The van der Waals surface area contributed by atoms with Gasteiger partial charge >= 0.3 is 5.97 Å². The van der Waals surface area contributed by atoms with E-state index in [0.29, 0.717) is 5.69 Å². The van der Waals surface area contributed by atoms with Crippen molar-refractivity contribution in [3.05, 3.63) is 17.5 Å². The van der Waals surface area contributed by atoms with Crippen LogP contribution >= 0.6 is 0 Å². The van der Waals surface area contributed by atoms with Crippen molar-refractivity contribution in [2.75, 3.05) is 14.2 Å². The molecular formula is C8H12N2O3. The fourth-order valence-corrected chi connectivity index (χ4v) is 1.04. The molecule has 0 radical (unpaired) electrons. The minimum Gasteiger partial charge on any atom is -0.464 e. The average molecular weight is 184 g/mol. The van der Waals surface area contributed by atoms with Gasteiger partial charge in [-0.1, -0.05) is 0 Å². The van der Waals surface area contributed by atoms with Crippen LogP contribution in [0.3, 0.4) is 0 Å². The van der Waals surface area contributed by atoms with Gasteiger partial charge in [-0.3, -0.25) is 0 Å². The van der Waals surface area contributed by atoms with Gasteiger partial charge in [-0.15, -0.1) is 0 Å². The lowest BCUT2D eigenvalue weighted by atomic mass is 10.4. The van der Waals surface area contributed by atoms with E-state index in [0.717, 1.165) is 5.69 Å². The van der Waals surface area contributed by atoms with Crippen molar-refractivity contribution in [2.24, 2.45) is 0 Å². The van der Waals surface area contributed by atoms with E-state index in [2.05, 4.69) is 9.84 Å². The van der Waals surface area contributed by atoms with Gasteiger partial charge in [0, 0.05) is 7.11 Å². The Morgan fingerprint density at radius 3 is 2.85 bits per heavy atom. The number of nitrogens with zero attached hydrogens (tertiary/aromatic N) is 2. The van der Waals surface area contributed by atoms with Gasteiger partial charge in [-0.2, -0.15) is 5.10 Å². The lowest BCUT2D eigenvalue weighted by molar-refractivity contribution is 0.0558.